The molecule has 0 aliphatic heterocycles. The van der Waals surface area contributed by atoms with Crippen molar-refractivity contribution in [3.63, 3.8) is 0 Å². The highest BCUT2D eigenvalue weighted by molar-refractivity contribution is 4.85. The molecule has 3 nitrogen and oxygen atoms in total. The molecular weight excluding hydrogens is 226 g/mol. The molecule has 108 valence electrons. The molecule has 18 heavy (non-hydrogen) atoms. The van der Waals surface area contributed by atoms with E-state index in [1.807, 2.05) is 0 Å². The molecule has 0 aromatic carbocycles. The number of methoxy groups -OCH3 is 1. The van der Waals surface area contributed by atoms with Gasteiger partial charge in [-0.2, -0.15) is 0 Å². The number of nitrogens with one attached hydrogen (secondary N) is 1. The van der Waals surface area contributed by atoms with Crippen molar-refractivity contribution in [3.05, 3.63) is 0 Å². The van der Waals surface area contributed by atoms with Crippen LogP contribution < -0.4 is 5.32 Å². The highest BCUT2D eigenvalue weighted by Crippen LogP contribution is 2.26. The van der Waals surface area contributed by atoms with E-state index in [0.29, 0.717) is 6.10 Å². The number of hydrogen-bond acceptors (Lipinski definition) is 3. The Hall–Kier alpha value is -0.120. The van der Waals surface area contributed by atoms with Gasteiger partial charge in [0.25, 0.3) is 0 Å². The predicted octanol–water partition coefficient (Wildman–Crippen LogP) is 2.98. The second kappa shape index (κ2) is 7.46. The summed E-state index contributed by atoms with van der Waals surface area (Å²) in [4.78, 5) is 0. The zero-order valence-electron chi connectivity index (χ0n) is 12.8. The molecule has 0 spiro atoms. The lowest BCUT2D eigenvalue weighted by atomic mass is 9.88. The molecule has 0 saturated heterocycles. The topological polar surface area (TPSA) is 30.5 Å². The van der Waals surface area contributed by atoms with Crippen LogP contribution in [0.15, 0.2) is 0 Å². The maximum Gasteiger partial charge on any atom is 0.0797 e. The quantitative estimate of drug-likeness (QED) is 0.760. The van der Waals surface area contributed by atoms with Gasteiger partial charge in [0.2, 0.25) is 0 Å². The molecule has 0 aromatic heterocycles. The average Bonchev–Trinajstić information content (AvgIpc) is 2.34. The summed E-state index contributed by atoms with van der Waals surface area (Å²) in [6, 6.07) is 0.254. The zero-order chi connectivity index (χ0) is 13.6. The molecule has 0 aromatic rings. The van der Waals surface area contributed by atoms with Gasteiger partial charge in [0.1, 0.15) is 0 Å². The summed E-state index contributed by atoms with van der Waals surface area (Å²) < 4.78 is 11.7. The SMILES string of the molecule is CCNC(COC1CCCC(C)C1)C(C)(C)OC. The van der Waals surface area contributed by atoms with Gasteiger partial charge in [-0.05, 0) is 39.2 Å². The largest absolute Gasteiger partial charge is 0.377 e. The maximum atomic E-state index is 6.11. The Bertz CT molecular complexity index is 231. The highest BCUT2D eigenvalue weighted by atomic mass is 16.5. The smallest absolute Gasteiger partial charge is 0.0797 e. The lowest BCUT2D eigenvalue weighted by molar-refractivity contribution is -0.0624. The number of hydrogen-bond donors (Lipinski definition) is 1. The van der Waals surface area contributed by atoms with Crippen molar-refractivity contribution >= 4 is 0 Å². The average molecular weight is 257 g/mol. The maximum absolute atomic E-state index is 6.11. The summed E-state index contributed by atoms with van der Waals surface area (Å²) in [7, 11) is 1.77. The van der Waals surface area contributed by atoms with Crippen LogP contribution in [-0.2, 0) is 9.47 Å². The van der Waals surface area contributed by atoms with Crippen LogP contribution in [0.1, 0.15) is 53.4 Å². The first-order valence-electron chi connectivity index (χ1n) is 7.39. The lowest BCUT2D eigenvalue weighted by Crippen LogP contribution is -2.51. The summed E-state index contributed by atoms with van der Waals surface area (Å²) in [5.41, 5.74) is -0.184. The van der Waals surface area contributed by atoms with E-state index < -0.39 is 0 Å². The third-order valence-electron chi connectivity index (χ3n) is 4.20. The van der Waals surface area contributed by atoms with Gasteiger partial charge >= 0.3 is 0 Å². The van der Waals surface area contributed by atoms with Gasteiger partial charge in [-0.15, -0.1) is 0 Å². The van der Waals surface area contributed by atoms with Crippen molar-refractivity contribution in [2.45, 2.75) is 71.1 Å². The minimum atomic E-state index is -0.184. The van der Waals surface area contributed by atoms with Crippen LogP contribution in [0.3, 0.4) is 0 Å². The molecular formula is C15H31NO2. The summed E-state index contributed by atoms with van der Waals surface area (Å²) in [6.07, 6.45) is 5.55. The number of likely N-dealkylation sites (N-methyl/N-ethyl adjacent to an activating group) is 1. The first-order chi connectivity index (χ1) is 8.49. The van der Waals surface area contributed by atoms with E-state index in [1.54, 1.807) is 7.11 Å². The molecule has 1 aliphatic rings. The van der Waals surface area contributed by atoms with E-state index in [1.165, 1.54) is 25.7 Å². The molecule has 3 heteroatoms. The fraction of sp³-hybridized carbons (Fsp3) is 1.00. The zero-order valence-corrected chi connectivity index (χ0v) is 12.8. The van der Waals surface area contributed by atoms with Gasteiger partial charge in [0, 0.05) is 7.11 Å². The molecule has 0 heterocycles. The third-order valence-corrected chi connectivity index (χ3v) is 4.20. The van der Waals surface area contributed by atoms with E-state index in [2.05, 4.69) is 33.0 Å². The van der Waals surface area contributed by atoms with E-state index in [9.17, 15) is 0 Å². The fourth-order valence-electron chi connectivity index (χ4n) is 2.66. The minimum Gasteiger partial charge on any atom is -0.377 e. The molecule has 3 unspecified atom stereocenters. The van der Waals surface area contributed by atoms with Gasteiger partial charge in [-0.1, -0.05) is 26.7 Å². The van der Waals surface area contributed by atoms with Crippen LogP contribution >= 0.6 is 0 Å². The van der Waals surface area contributed by atoms with E-state index in [4.69, 9.17) is 9.47 Å². The van der Waals surface area contributed by atoms with E-state index in [0.717, 1.165) is 19.1 Å². The van der Waals surface area contributed by atoms with Crippen molar-refractivity contribution < 1.29 is 9.47 Å². The first-order valence-corrected chi connectivity index (χ1v) is 7.39. The van der Waals surface area contributed by atoms with Gasteiger partial charge in [0.05, 0.1) is 24.4 Å². The van der Waals surface area contributed by atoms with Crippen LogP contribution in [0, 0.1) is 5.92 Å². The normalized spacial score (nSPS) is 27.2. The van der Waals surface area contributed by atoms with Crippen LogP contribution in [0.5, 0.6) is 0 Å². The molecule has 0 amide bonds. The summed E-state index contributed by atoms with van der Waals surface area (Å²) >= 11 is 0. The second-order valence-electron chi connectivity index (χ2n) is 6.14. The van der Waals surface area contributed by atoms with Gasteiger partial charge in [-0.25, -0.2) is 0 Å². The Balaban J connectivity index is 2.41. The number of ether oxygens (including phenoxy) is 2. The molecule has 3 atom stereocenters. The summed E-state index contributed by atoms with van der Waals surface area (Å²) in [5.74, 6) is 0.816. The Morgan fingerprint density at radius 2 is 2.06 bits per heavy atom. The molecule has 1 rings (SSSR count). The molecule has 1 fully saturated rings. The van der Waals surface area contributed by atoms with Crippen molar-refractivity contribution in [2.24, 2.45) is 5.92 Å². The van der Waals surface area contributed by atoms with Crippen LogP contribution in [-0.4, -0.2) is 38.0 Å². The molecule has 1 saturated carbocycles. The number of rotatable bonds is 7. The highest BCUT2D eigenvalue weighted by Gasteiger charge is 2.30. The Morgan fingerprint density at radius 3 is 2.61 bits per heavy atom. The van der Waals surface area contributed by atoms with Crippen LogP contribution in [0.2, 0.25) is 0 Å². The third kappa shape index (κ3) is 4.87. The van der Waals surface area contributed by atoms with Crippen molar-refractivity contribution in [1.82, 2.24) is 5.32 Å². The summed E-state index contributed by atoms with van der Waals surface area (Å²) in [6.45, 7) is 10.4. The molecule has 1 N–H and O–H groups in total. The second-order valence-corrected chi connectivity index (χ2v) is 6.14. The molecule has 0 radical (unpaired) electrons. The summed E-state index contributed by atoms with van der Waals surface area (Å²) in [5, 5.41) is 3.47. The van der Waals surface area contributed by atoms with Crippen molar-refractivity contribution in [3.8, 4) is 0 Å². The van der Waals surface area contributed by atoms with Crippen LogP contribution in [0.25, 0.3) is 0 Å². The molecule has 0 bridgehead atoms. The Labute approximate surface area is 113 Å². The Morgan fingerprint density at radius 1 is 1.33 bits per heavy atom. The van der Waals surface area contributed by atoms with E-state index in [-0.39, 0.29) is 11.6 Å². The van der Waals surface area contributed by atoms with Gasteiger partial charge < -0.3 is 14.8 Å². The standard InChI is InChI=1S/C15H31NO2/c1-6-16-14(15(3,4)17-5)11-18-13-9-7-8-12(2)10-13/h12-14,16H,6-11H2,1-5H3. The monoisotopic (exact) mass is 257 g/mol. The minimum absolute atomic E-state index is 0.184. The van der Waals surface area contributed by atoms with Gasteiger partial charge in [-0.3, -0.25) is 0 Å². The first kappa shape index (κ1) is 15.9. The van der Waals surface area contributed by atoms with Gasteiger partial charge in [0.15, 0.2) is 0 Å². The van der Waals surface area contributed by atoms with Crippen molar-refractivity contribution in [1.29, 1.82) is 0 Å². The fourth-order valence-corrected chi connectivity index (χ4v) is 2.66. The van der Waals surface area contributed by atoms with E-state index >= 15 is 0 Å². The lowest BCUT2D eigenvalue weighted by Gasteiger charge is -2.35. The van der Waals surface area contributed by atoms with Crippen molar-refractivity contribution in [2.75, 3.05) is 20.3 Å². The molecule has 1 aliphatic carbocycles. The predicted molar refractivity (Wildman–Crippen MR) is 75.9 cm³/mol. The Kier molecular flexibility index (Phi) is 6.61. The van der Waals surface area contributed by atoms with Crippen LogP contribution in [0.4, 0.5) is 0 Å².